The Morgan fingerprint density at radius 1 is 1.05 bits per heavy atom. The minimum atomic E-state index is -3.82. The van der Waals surface area contributed by atoms with Crippen molar-refractivity contribution in [2.75, 3.05) is 0 Å². The van der Waals surface area contributed by atoms with E-state index in [9.17, 15) is 17.2 Å². The molecule has 0 bridgehead atoms. The summed E-state index contributed by atoms with van der Waals surface area (Å²) in [7, 11) is -3.82. The number of halogens is 2. The van der Waals surface area contributed by atoms with Gasteiger partial charge in [0.25, 0.3) is 10.0 Å². The zero-order valence-electron chi connectivity index (χ0n) is 12.0. The van der Waals surface area contributed by atoms with Gasteiger partial charge in [-0.15, -0.1) is 0 Å². The molecule has 22 heavy (non-hydrogen) atoms. The first-order chi connectivity index (χ1) is 10.3. The zero-order valence-corrected chi connectivity index (χ0v) is 12.8. The van der Waals surface area contributed by atoms with Crippen LogP contribution in [0.25, 0.3) is 0 Å². The number of hydrogen-bond donors (Lipinski definition) is 1. The van der Waals surface area contributed by atoms with E-state index in [0.717, 1.165) is 23.9 Å². The molecule has 0 spiro atoms. The Kier molecular flexibility index (Phi) is 4.56. The van der Waals surface area contributed by atoms with Gasteiger partial charge in [-0.1, -0.05) is 18.2 Å². The molecule has 0 aliphatic rings. The number of sulfonamides is 1. The summed E-state index contributed by atoms with van der Waals surface area (Å²) in [5, 5.41) is 3.58. The monoisotopic (exact) mass is 324 g/mol. The first-order valence-electron chi connectivity index (χ1n) is 6.37. The van der Waals surface area contributed by atoms with E-state index >= 15 is 0 Å². The number of hydrogen-bond acceptors (Lipinski definition) is 3. The third kappa shape index (κ3) is 3.67. The van der Waals surface area contributed by atoms with Gasteiger partial charge < -0.3 is 0 Å². The van der Waals surface area contributed by atoms with Gasteiger partial charge in [-0.05, 0) is 48.7 Å². The maximum Gasteiger partial charge on any atom is 0.276 e. The predicted octanol–water partition coefficient (Wildman–Crippen LogP) is 2.89. The van der Waals surface area contributed by atoms with Crippen molar-refractivity contribution in [2.24, 2.45) is 5.10 Å². The molecular weight excluding hydrogens is 310 g/mol. The average molecular weight is 324 g/mol. The quantitative estimate of drug-likeness (QED) is 0.694. The van der Waals surface area contributed by atoms with Gasteiger partial charge in [-0.3, -0.25) is 0 Å². The van der Waals surface area contributed by atoms with Crippen LogP contribution in [0.5, 0.6) is 0 Å². The molecule has 0 saturated heterocycles. The Hall–Kier alpha value is -2.28. The molecule has 0 aliphatic heterocycles. The van der Waals surface area contributed by atoms with Crippen molar-refractivity contribution in [1.82, 2.24) is 4.83 Å². The van der Waals surface area contributed by atoms with Crippen LogP contribution >= 0.6 is 0 Å². The van der Waals surface area contributed by atoms with Gasteiger partial charge in [0.1, 0.15) is 0 Å². The lowest BCUT2D eigenvalue weighted by atomic mass is 10.2. The predicted molar refractivity (Wildman–Crippen MR) is 80.2 cm³/mol. The molecule has 2 aromatic rings. The fourth-order valence-corrected chi connectivity index (χ4v) is 2.93. The van der Waals surface area contributed by atoms with Crippen molar-refractivity contribution in [3.63, 3.8) is 0 Å². The minimum absolute atomic E-state index is 0.120. The minimum Gasteiger partial charge on any atom is -0.204 e. The Morgan fingerprint density at radius 3 is 2.45 bits per heavy atom. The Bertz CT molecular complexity index is 833. The molecule has 0 radical (unpaired) electrons. The van der Waals surface area contributed by atoms with Crippen molar-refractivity contribution >= 4 is 16.2 Å². The van der Waals surface area contributed by atoms with Crippen molar-refractivity contribution in [1.29, 1.82) is 0 Å². The van der Waals surface area contributed by atoms with Crippen LogP contribution in [0.1, 0.15) is 16.7 Å². The van der Waals surface area contributed by atoms with E-state index in [-0.39, 0.29) is 10.5 Å². The number of rotatable bonds is 4. The van der Waals surface area contributed by atoms with E-state index in [0.29, 0.717) is 5.56 Å². The van der Waals surface area contributed by atoms with E-state index < -0.39 is 21.7 Å². The molecule has 2 rings (SSSR count). The van der Waals surface area contributed by atoms with Crippen molar-refractivity contribution in [3.05, 3.63) is 64.7 Å². The summed E-state index contributed by atoms with van der Waals surface area (Å²) >= 11 is 0. The molecule has 2 aromatic carbocycles. The Balaban J connectivity index is 2.20. The van der Waals surface area contributed by atoms with E-state index in [4.69, 9.17) is 0 Å². The zero-order chi connectivity index (χ0) is 16.3. The average Bonchev–Trinajstić information content (AvgIpc) is 2.45. The van der Waals surface area contributed by atoms with E-state index in [1.54, 1.807) is 26.0 Å². The van der Waals surface area contributed by atoms with Crippen LogP contribution in [0, 0.1) is 25.5 Å². The summed E-state index contributed by atoms with van der Waals surface area (Å²) in [6, 6.07) is 8.18. The highest BCUT2D eigenvalue weighted by Gasteiger charge is 2.15. The van der Waals surface area contributed by atoms with E-state index in [1.807, 2.05) is 0 Å². The lowest BCUT2D eigenvalue weighted by molar-refractivity contribution is 0.508. The normalized spacial score (nSPS) is 11.8. The summed E-state index contributed by atoms with van der Waals surface area (Å²) in [6.45, 7) is 3.45. The largest absolute Gasteiger partial charge is 0.276 e. The second kappa shape index (κ2) is 6.23. The fourth-order valence-electron chi connectivity index (χ4n) is 1.81. The molecule has 116 valence electrons. The van der Waals surface area contributed by atoms with Gasteiger partial charge in [-0.2, -0.15) is 13.5 Å². The summed E-state index contributed by atoms with van der Waals surface area (Å²) in [5.74, 6) is -2.01. The summed E-state index contributed by atoms with van der Waals surface area (Å²) in [5.41, 5.74) is 1.62. The highest BCUT2D eigenvalue weighted by molar-refractivity contribution is 7.89. The number of nitrogens with one attached hydrogen (secondary N) is 1. The van der Waals surface area contributed by atoms with Gasteiger partial charge in [0.15, 0.2) is 11.6 Å². The van der Waals surface area contributed by atoms with E-state index in [2.05, 4.69) is 9.93 Å². The fraction of sp³-hybridized carbons (Fsp3) is 0.133. The molecule has 0 atom stereocenters. The summed E-state index contributed by atoms with van der Waals surface area (Å²) in [6.07, 6.45) is 1.10. The number of nitrogens with zero attached hydrogens (tertiary/aromatic N) is 1. The van der Waals surface area contributed by atoms with Crippen LogP contribution in [0.2, 0.25) is 0 Å². The Labute approximate surface area is 127 Å². The highest BCUT2D eigenvalue weighted by atomic mass is 32.2. The maximum absolute atomic E-state index is 13.0. The first kappa shape index (κ1) is 16.1. The van der Waals surface area contributed by atoms with Gasteiger partial charge in [0.2, 0.25) is 0 Å². The maximum atomic E-state index is 13.0. The van der Waals surface area contributed by atoms with E-state index in [1.165, 1.54) is 12.1 Å². The molecule has 0 unspecified atom stereocenters. The number of benzene rings is 2. The van der Waals surface area contributed by atoms with Gasteiger partial charge >= 0.3 is 0 Å². The van der Waals surface area contributed by atoms with Gasteiger partial charge in [0, 0.05) is 0 Å². The van der Waals surface area contributed by atoms with Crippen molar-refractivity contribution < 1.29 is 17.2 Å². The number of aryl methyl sites for hydroxylation is 2. The molecular formula is C15H14F2N2O2S. The second-order valence-corrected chi connectivity index (χ2v) is 6.42. The molecule has 0 aliphatic carbocycles. The van der Waals surface area contributed by atoms with Crippen LogP contribution in [-0.2, 0) is 10.0 Å². The van der Waals surface area contributed by atoms with Crippen LogP contribution in [0.4, 0.5) is 8.78 Å². The standard InChI is InChI=1S/C15H14F2N2O2S/c1-10-3-4-11(2)15(7-10)22(20,21)19-18-9-12-5-6-13(16)14(17)8-12/h3-9,19H,1-2H3/b18-9+. The third-order valence-corrected chi connectivity index (χ3v) is 4.33. The lowest BCUT2D eigenvalue weighted by Gasteiger charge is -2.07. The molecule has 0 aromatic heterocycles. The second-order valence-electron chi connectivity index (χ2n) is 4.80. The SMILES string of the molecule is Cc1ccc(C)c(S(=O)(=O)N/N=C/c2ccc(F)c(F)c2)c1. The van der Waals surface area contributed by atoms with Gasteiger partial charge in [0.05, 0.1) is 11.1 Å². The molecule has 0 heterocycles. The first-order valence-corrected chi connectivity index (χ1v) is 7.85. The molecule has 4 nitrogen and oxygen atoms in total. The van der Waals surface area contributed by atoms with Crippen LogP contribution in [0.3, 0.4) is 0 Å². The Morgan fingerprint density at radius 2 is 1.77 bits per heavy atom. The van der Waals surface area contributed by atoms with Crippen LogP contribution in [-0.4, -0.2) is 14.6 Å². The highest BCUT2D eigenvalue weighted by Crippen LogP contribution is 2.16. The third-order valence-electron chi connectivity index (χ3n) is 2.96. The molecule has 7 heteroatoms. The molecule has 0 fully saturated rings. The van der Waals surface area contributed by atoms with Crippen LogP contribution in [0.15, 0.2) is 46.4 Å². The smallest absolute Gasteiger partial charge is 0.204 e. The summed E-state index contributed by atoms with van der Waals surface area (Å²) in [4.78, 5) is 2.17. The number of hydrazone groups is 1. The van der Waals surface area contributed by atoms with Crippen molar-refractivity contribution in [2.45, 2.75) is 18.7 Å². The van der Waals surface area contributed by atoms with Gasteiger partial charge in [-0.25, -0.2) is 13.6 Å². The molecule has 0 saturated carbocycles. The summed E-state index contributed by atoms with van der Waals surface area (Å²) < 4.78 is 50.1. The molecule has 1 N–H and O–H groups in total. The molecule has 0 amide bonds. The topological polar surface area (TPSA) is 58.5 Å². The van der Waals surface area contributed by atoms with Crippen LogP contribution < -0.4 is 4.83 Å². The lowest BCUT2D eigenvalue weighted by Crippen LogP contribution is -2.19. The van der Waals surface area contributed by atoms with Crippen molar-refractivity contribution in [3.8, 4) is 0 Å².